The number of hydrogen-bond acceptors (Lipinski definition) is 1. The quantitative estimate of drug-likeness (QED) is 0.775. The van der Waals surface area contributed by atoms with E-state index in [9.17, 15) is 4.79 Å². The highest BCUT2D eigenvalue weighted by atomic mass is 35.5. The van der Waals surface area contributed by atoms with Gasteiger partial charge in [0.05, 0.1) is 6.42 Å². The Kier molecular flexibility index (Phi) is 5.53. The van der Waals surface area contributed by atoms with Crippen molar-refractivity contribution >= 4 is 29.1 Å². The van der Waals surface area contributed by atoms with E-state index in [0.717, 1.165) is 24.9 Å². The Bertz CT molecular complexity index is 419. The number of halogens is 2. The molecular formula is C15H19Cl2NO. The summed E-state index contributed by atoms with van der Waals surface area (Å²) in [6.45, 7) is 0.837. The molecule has 1 fully saturated rings. The van der Waals surface area contributed by atoms with Crippen LogP contribution in [0.3, 0.4) is 0 Å². The van der Waals surface area contributed by atoms with Crippen LogP contribution in [-0.2, 0) is 11.2 Å². The van der Waals surface area contributed by atoms with Gasteiger partial charge in [-0.2, -0.15) is 0 Å². The van der Waals surface area contributed by atoms with Gasteiger partial charge in [0.15, 0.2) is 0 Å². The number of carbonyl (C=O) groups excluding carboxylic acids is 1. The lowest BCUT2D eigenvalue weighted by atomic mass is 10.1. The fourth-order valence-electron chi connectivity index (χ4n) is 2.54. The van der Waals surface area contributed by atoms with Crippen LogP contribution < -0.4 is 0 Å². The van der Waals surface area contributed by atoms with E-state index in [4.69, 9.17) is 23.2 Å². The molecule has 0 aliphatic carbocycles. The largest absolute Gasteiger partial charge is 0.338 e. The van der Waals surface area contributed by atoms with E-state index in [1.54, 1.807) is 0 Å². The van der Waals surface area contributed by atoms with Gasteiger partial charge < -0.3 is 4.90 Å². The molecule has 0 radical (unpaired) electrons. The second-order valence-electron chi connectivity index (χ2n) is 5.05. The smallest absolute Gasteiger partial charge is 0.227 e. The van der Waals surface area contributed by atoms with Crippen molar-refractivity contribution in [1.82, 2.24) is 4.90 Å². The molecule has 0 N–H and O–H groups in total. The van der Waals surface area contributed by atoms with E-state index in [1.807, 2.05) is 29.2 Å². The molecule has 0 aromatic heterocycles. The highest BCUT2D eigenvalue weighted by Gasteiger charge is 2.24. The van der Waals surface area contributed by atoms with Gasteiger partial charge in [-0.3, -0.25) is 4.79 Å². The molecule has 1 saturated heterocycles. The Morgan fingerprint density at radius 3 is 2.63 bits per heavy atom. The highest BCUT2D eigenvalue weighted by molar-refractivity contribution is 6.30. The van der Waals surface area contributed by atoms with Gasteiger partial charge in [0.2, 0.25) is 5.91 Å². The Morgan fingerprint density at radius 2 is 1.95 bits per heavy atom. The van der Waals surface area contributed by atoms with Crippen LogP contribution in [0.5, 0.6) is 0 Å². The molecule has 1 heterocycles. The number of amides is 1. The lowest BCUT2D eigenvalue weighted by Gasteiger charge is -2.28. The van der Waals surface area contributed by atoms with Crippen molar-refractivity contribution in [3.8, 4) is 0 Å². The topological polar surface area (TPSA) is 20.3 Å². The molecule has 104 valence electrons. The van der Waals surface area contributed by atoms with Crippen LogP contribution in [-0.4, -0.2) is 29.3 Å². The first kappa shape index (κ1) is 14.7. The van der Waals surface area contributed by atoms with Crippen molar-refractivity contribution < 1.29 is 4.79 Å². The normalized spacial score (nSPS) is 20.1. The lowest BCUT2D eigenvalue weighted by molar-refractivity contribution is -0.132. The first-order chi connectivity index (χ1) is 9.20. The van der Waals surface area contributed by atoms with E-state index in [0.29, 0.717) is 17.3 Å². The second kappa shape index (κ2) is 7.16. The van der Waals surface area contributed by atoms with Crippen molar-refractivity contribution in [2.45, 2.75) is 38.1 Å². The number of benzene rings is 1. The first-order valence-electron chi connectivity index (χ1n) is 6.80. The molecule has 1 aromatic carbocycles. The summed E-state index contributed by atoms with van der Waals surface area (Å²) < 4.78 is 0. The summed E-state index contributed by atoms with van der Waals surface area (Å²) in [6, 6.07) is 7.67. The zero-order valence-corrected chi connectivity index (χ0v) is 12.5. The molecular weight excluding hydrogens is 281 g/mol. The summed E-state index contributed by atoms with van der Waals surface area (Å²) in [5.41, 5.74) is 1.01. The van der Waals surface area contributed by atoms with Crippen LogP contribution in [0.2, 0.25) is 5.02 Å². The van der Waals surface area contributed by atoms with E-state index >= 15 is 0 Å². The third-order valence-electron chi connectivity index (χ3n) is 3.64. The van der Waals surface area contributed by atoms with Gasteiger partial charge in [0, 0.05) is 23.5 Å². The SMILES string of the molecule is O=C(Cc1ccc(Cl)cc1)N1CCCCCC1CCl. The van der Waals surface area contributed by atoms with Crippen LogP contribution in [0, 0.1) is 0 Å². The van der Waals surface area contributed by atoms with E-state index < -0.39 is 0 Å². The summed E-state index contributed by atoms with van der Waals surface area (Å²) in [7, 11) is 0. The van der Waals surface area contributed by atoms with Crippen molar-refractivity contribution in [3.63, 3.8) is 0 Å². The number of rotatable bonds is 3. The fourth-order valence-corrected chi connectivity index (χ4v) is 2.99. The highest BCUT2D eigenvalue weighted by Crippen LogP contribution is 2.19. The van der Waals surface area contributed by atoms with Gasteiger partial charge in [-0.25, -0.2) is 0 Å². The molecule has 2 rings (SSSR count). The maximum absolute atomic E-state index is 12.4. The molecule has 1 amide bonds. The van der Waals surface area contributed by atoms with Gasteiger partial charge in [-0.1, -0.05) is 36.6 Å². The third-order valence-corrected chi connectivity index (χ3v) is 4.25. The van der Waals surface area contributed by atoms with Gasteiger partial charge in [-0.05, 0) is 30.5 Å². The predicted octanol–water partition coefficient (Wildman–Crippen LogP) is 3.89. The second-order valence-corrected chi connectivity index (χ2v) is 5.79. The number of hydrogen-bond donors (Lipinski definition) is 0. The van der Waals surface area contributed by atoms with Crippen molar-refractivity contribution in [1.29, 1.82) is 0 Å². The number of nitrogens with zero attached hydrogens (tertiary/aromatic N) is 1. The number of likely N-dealkylation sites (tertiary alicyclic amines) is 1. The zero-order valence-electron chi connectivity index (χ0n) is 10.9. The van der Waals surface area contributed by atoms with Crippen LogP contribution in [0.15, 0.2) is 24.3 Å². The summed E-state index contributed by atoms with van der Waals surface area (Å²) in [4.78, 5) is 14.4. The Hall–Kier alpha value is -0.730. The predicted molar refractivity (Wildman–Crippen MR) is 79.8 cm³/mol. The molecule has 1 aliphatic heterocycles. The molecule has 1 unspecified atom stereocenters. The average Bonchev–Trinajstić information content (AvgIpc) is 2.66. The molecule has 2 nitrogen and oxygen atoms in total. The van der Waals surface area contributed by atoms with Crippen LogP contribution >= 0.6 is 23.2 Å². The Morgan fingerprint density at radius 1 is 1.21 bits per heavy atom. The van der Waals surface area contributed by atoms with E-state index in [1.165, 1.54) is 12.8 Å². The van der Waals surface area contributed by atoms with Crippen molar-refractivity contribution in [2.24, 2.45) is 0 Å². The van der Waals surface area contributed by atoms with Crippen molar-refractivity contribution in [2.75, 3.05) is 12.4 Å². The molecule has 0 bridgehead atoms. The van der Waals surface area contributed by atoms with Crippen LogP contribution in [0.1, 0.15) is 31.2 Å². The van der Waals surface area contributed by atoms with Crippen molar-refractivity contribution in [3.05, 3.63) is 34.9 Å². The molecule has 4 heteroatoms. The monoisotopic (exact) mass is 299 g/mol. The minimum absolute atomic E-state index is 0.176. The summed E-state index contributed by atoms with van der Waals surface area (Å²) in [6.07, 6.45) is 4.90. The first-order valence-corrected chi connectivity index (χ1v) is 7.72. The lowest BCUT2D eigenvalue weighted by Crippen LogP contribution is -2.41. The Balaban J connectivity index is 2.02. The third kappa shape index (κ3) is 4.12. The Labute approximate surface area is 124 Å². The number of carbonyl (C=O) groups is 1. The van der Waals surface area contributed by atoms with Gasteiger partial charge in [-0.15, -0.1) is 11.6 Å². The minimum Gasteiger partial charge on any atom is -0.338 e. The summed E-state index contributed by atoms with van der Waals surface area (Å²) >= 11 is 11.9. The van der Waals surface area contributed by atoms with Crippen LogP contribution in [0.25, 0.3) is 0 Å². The number of alkyl halides is 1. The average molecular weight is 300 g/mol. The molecule has 0 spiro atoms. The molecule has 1 aliphatic rings. The standard InChI is InChI=1S/C15H19Cl2NO/c16-11-14-4-2-1-3-9-18(14)15(19)10-12-5-7-13(17)8-6-12/h5-8,14H,1-4,9-11H2. The fraction of sp³-hybridized carbons (Fsp3) is 0.533. The maximum Gasteiger partial charge on any atom is 0.227 e. The van der Waals surface area contributed by atoms with E-state index in [-0.39, 0.29) is 11.9 Å². The molecule has 1 atom stereocenters. The van der Waals surface area contributed by atoms with Gasteiger partial charge in [0.25, 0.3) is 0 Å². The molecule has 0 saturated carbocycles. The van der Waals surface area contributed by atoms with Crippen LogP contribution in [0.4, 0.5) is 0 Å². The minimum atomic E-state index is 0.176. The van der Waals surface area contributed by atoms with Gasteiger partial charge in [0.1, 0.15) is 0 Å². The molecule has 19 heavy (non-hydrogen) atoms. The summed E-state index contributed by atoms with van der Waals surface area (Å²) in [5.74, 6) is 0.710. The van der Waals surface area contributed by atoms with E-state index in [2.05, 4.69) is 0 Å². The summed E-state index contributed by atoms with van der Waals surface area (Å²) in [5, 5.41) is 0.699. The van der Waals surface area contributed by atoms with Gasteiger partial charge >= 0.3 is 0 Å². The molecule has 1 aromatic rings. The zero-order chi connectivity index (χ0) is 13.7. The maximum atomic E-state index is 12.4.